The molecule has 9 heteroatoms. The highest BCUT2D eigenvalue weighted by Crippen LogP contribution is 2.41. The Morgan fingerprint density at radius 2 is 1.96 bits per heavy atom. The lowest BCUT2D eigenvalue weighted by Crippen LogP contribution is -2.38. The van der Waals surface area contributed by atoms with Crippen LogP contribution < -0.4 is 10.1 Å². The fourth-order valence-electron chi connectivity index (χ4n) is 3.75. The SMILES string of the molecule is O=C1N=NC=C(N2Cc3cccc(OC4CCNCC4)c3C2)C1C(F)(F)F. The van der Waals surface area contributed by atoms with E-state index < -0.39 is 18.0 Å². The summed E-state index contributed by atoms with van der Waals surface area (Å²) in [5, 5.41) is 9.81. The van der Waals surface area contributed by atoms with Gasteiger partial charge in [0, 0.05) is 18.7 Å². The fraction of sp³-hybridized carbons (Fsp3) is 0.500. The molecule has 3 aliphatic heterocycles. The Labute approximate surface area is 154 Å². The van der Waals surface area contributed by atoms with E-state index in [1.54, 1.807) is 0 Å². The number of rotatable bonds is 3. The molecule has 1 unspecified atom stereocenters. The molecule has 6 nitrogen and oxygen atoms in total. The Bertz CT molecular complexity index is 800. The second-order valence-corrected chi connectivity index (χ2v) is 6.90. The summed E-state index contributed by atoms with van der Waals surface area (Å²) < 4.78 is 46.3. The quantitative estimate of drug-likeness (QED) is 0.875. The molecule has 1 N–H and O–H groups in total. The summed E-state index contributed by atoms with van der Waals surface area (Å²) in [4.78, 5) is 13.3. The lowest BCUT2D eigenvalue weighted by atomic mass is 10.0. The zero-order valence-electron chi connectivity index (χ0n) is 14.5. The summed E-state index contributed by atoms with van der Waals surface area (Å²) >= 11 is 0. The summed E-state index contributed by atoms with van der Waals surface area (Å²) in [5.74, 6) is -2.84. The summed E-state index contributed by atoms with van der Waals surface area (Å²) in [5.41, 5.74) is 1.61. The van der Waals surface area contributed by atoms with Gasteiger partial charge in [0.2, 0.25) is 0 Å². The molecular formula is C18H19F3N4O2. The third kappa shape index (κ3) is 3.55. The molecule has 0 saturated carbocycles. The Balaban J connectivity index is 1.57. The van der Waals surface area contributed by atoms with E-state index in [0.717, 1.165) is 43.3 Å². The highest BCUT2D eigenvalue weighted by Gasteiger charge is 2.50. The monoisotopic (exact) mass is 380 g/mol. The number of amides is 1. The topological polar surface area (TPSA) is 66.3 Å². The molecular weight excluding hydrogens is 361 g/mol. The zero-order valence-corrected chi connectivity index (χ0v) is 14.5. The molecule has 3 heterocycles. The minimum Gasteiger partial charge on any atom is -0.490 e. The highest BCUT2D eigenvalue weighted by molar-refractivity contribution is 5.83. The average molecular weight is 380 g/mol. The van der Waals surface area contributed by atoms with E-state index in [2.05, 4.69) is 15.5 Å². The van der Waals surface area contributed by atoms with E-state index in [1.807, 2.05) is 18.2 Å². The van der Waals surface area contributed by atoms with Crippen molar-refractivity contribution in [3.05, 3.63) is 41.2 Å². The highest BCUT2D eigenvalue weighted by atomic mass is 19.4. The van der Waals surface area contributed by atoms with Crippen molar-refractivity contribution in [1.29, 1.82) is 0 Å². The number of azo groups is 1. The van der Waals surface area contributed by atoms with Gasteiger partial charge in [0.05, 0.1) is 11.9 Å². The number of halogens is 3. The van der Waals surface area contributed by atoms with E-state index in [0.29, 0.717) is 5.75 Å². The van der Waals surface area contributed by atoms with Gasteiger partial charge in [-0.25, -0.2) is 0 Å². The second kappa shape index (κ2) is 6.95. The van der Waals surface area contributed by atoms with Gasteiger partial charge in [-0.2, -0.15) is 18.3 Å². The molecule has 0 aliphatic carbocycles. The van der Waals surface area contributed by atoms with Crippen LogP contribution in [-0.4, -0.2) is 36.2 Å². The van der Waals surface area contributed by atoms with Crippen LogP contribution in [0.25, 0.3) is 0 Å². The average Bonchev–Trinajstić information content (AvgIpc) is 3.06. The van der Waals surface area contributed by atoms with Gasteiger partial charge in [-0.1, -0.05) is 12.1 Å². The Hall–Kier alpha value is -2.42. The van der Waals surface area contributed by atoms with Crippen molar-refractivity contribution in [2.45, 2.75) is 38.2 Å². The van der Waals surface area contributed by atoms with Crippen molar-refractivity contribution in [3.8, 4) is 5.75 Å². The molecule has 4 rings (SSSR count). The van der Waals surface area contributed by atoms with Gasteiger partial charge in [0.25, 0.3) is 5.91 Å². The third-order valence-corrected chi connectivity index (χ3v) is 5.10. The molecule has 144 valence electrons. The van der Waals surface area contributed by atoms with E-state index in [9.17, 15) is 18.0 Å². The van der Waals surface area contributed by atoms with Gasteiger partial charge >= 0.3 is 6.18 Å². The summed E-state index contributed by atoms with van der Waals surface area (Å²) in [6.07, 6.45) is -1.78. The fourth-order valence-corrected chi connectivity index (χ4v) is 3.75. The maximum absolute atomic E-state index is 13.4. The summed E-state index contributed by atoms with van der Waals surface area (Å²) in [7, 11) is 0. The lowest BCUT2D eigenvalue weighted by molar-refractivity contribution is -0.177. The van der Waals surface area contributed by atoms with Crippen LogP contribution in [-0.2, 0) is 17.9 Å². The number of alkyl halides is 3. The molecule has 3 aliphatic rings. The van der Waals surface area contributed by atoms with Crippen LogP contribution in [0, 0.1) is 5.92 Å². The molecule has 1 fully saturated rings. The first-order valence-electron chi connectivity index (χ1n) is 8.88. The van der Waals surface area contributed by atoms with Crippen molar-refractivity contribution in [1.82, 2.24) is 10.2 Å². The molecule has 1 atom stereocenters. The van der Waals surface area contributed by atoms with Crippen LogP contribution in [0.1, 0.15) is 24.0 Å². The maximum atomic E-state index is 13.4. The van der Waals surface area contributed by atoms with Crippen LogP contribution in [0.5, 0.6) is 5.75 Å². The van der Waals surface area contributed by atoms with Crippen LogP contribution in [0.15, 0.2) is 40.3 Å². The number of fused-ring (bicyclic) bond motifs is 1. The van der Waals surface area contributed by atoms with Crippen molar-refractivity contribution in [3.63, 3.8) is 0 Å². The third-order valence-electron chi connectivity index (χ3n) is 5.10. The van der Waals surface area contributed by atoms with Crippen molar-refractivity contribution in [2.24, 2.45) is 16.1 Å². The number of carbonyl (C=O) groups is 1. The van der Waals surface area contributed by atoms with Crippen LogP contribution in [0.3, 0.4) is 0 Å². The molecule has 1 saturated heterocycles. The first kappa shape index (κ1) is 18.0. The Morgan fingerprint density at radius 3 is 2.70 bits per heavy atom. The summed E-state index contributed by atoms with van der Waals surface area (Å²) in [6, 6.07) is 5.58. The minimum absolute atomic E-state index is 0.0963. The van der Waals surface area contributed by atoms with Crippen LogP contribution in [0.4, 0.5) is 13.2 Å². The first-order valence-corrected chi connectivity index (χ1v) is 8.88. The standard InChI is InChI=1S/C18H19F3N4O2/c19-18(20,21)16-14(8-23-24-17(16)26)25-9-11-2-1-3-15(13(11)10-25)27-12-4-6-22-7-5-12/h1-3,8,12,16,22H,4-7,9-10H2. The number of nitrogens with zero attached hydrogens (tertiary/aromatic N) is 3. The van der Waals surface area contributed by atoms with Gasteiger partial charge < -0.3 is 15.0 Å². The maximum Gasteiger partial charge on any atom is 0.406 e. The normalized spacial score (nSPS) is 23.4. The van der Waals surface area contributed by atoms with E-state index in [4.69, 9.17) is 4.74 Å². The van der Waals surface area contributed by atoms with Crippen molar-refractivity contribution in [2.75, 3.05) is 13.1 Å². The van der Waals surface area contributed by atoms with E-state index >= 15 is 0 Å². The molecule has 0 spiro atoms. The Kier molecular flexibility index (Phi) is 4.63. The van der Waals surface area contributed by atoms with E-state index in [1.165, 1.54) is 4.90 Å². The van der Waals surface area contributed by atoms with Gasteiger partial charge in [-0.15, -0.1) is 5.11 Å². The number of piperidine rings is 1. The van der Waals surface area contributed by atoms with Crippen LogP contribution >= 0.6 is 0 Å². The van der Waals surface area contributed by atoms with E-state index in [-0.39, 0.29) is 24.9 Å². The number of hydrogen-bond acceptors (Lipinski definition) is 5. The number of benzene rings is 1. The first-order chi connectivity index (χ1) is 12.9. The molecule has 0 bridgehead atoms. The Morgan fingerprint density at radius 1 is 1.19 bits per heavy atom. The van der Waals surface area contributed by atoms with Gasteiger partial charge in [0.15, 0.2) is 5.92 Å². The zero-order chi connectivity index (χ0) is 19.0. The molecule has 0 aromatic heterocycles. The molecule has 1 aromatic carbocycles. The van der Waals surface area contributed by atoms with Gasteiger partial charge in [-0.3, -0.25) is 4.79 Å². The van der Waals surface area contributed by atoms with Crippen molar-refractivity contribution < 1.29 is 22.7 Å². The summed E-state index contributed by atoms with van der Waals surface area (Å²) in [6.45, 7) is 2.30. The van der Waals surface area contributed by atoms with Gasteiger partial charge in [0.1, 0.15) is 11.9 Å². The minimum atomic E-state index is -4.70. The smallest absolute Gasteiger partial charge is 0.406 e. The lowest BCUT2D eigenvalue weighted by Gasteiger charge is -2.29. The predicted octanol–water partition coefficient (Wildman–Crippen LogP) is 3.15. The molecule has 0 radical (unpaired) electrons. The van der Waals surface area contributed by atoms with Crippen LogP contribution in [0.2, 0.25) is 0 Å². The molecule has 27 heavy (non-hydrogen) atoms. The number of nitrogens with one attached hydrogen (secondary N) is 1. The second-order valence-electron chi connectivity index (χ2n) is 6.90. The number of ether oxygens (including phenoxy) is 1. The largest absolute Gasteiger partial charge is 0.490 e. The van der Waals surface area contributed by atoms with Crippen molar-refractivity contribution >= 4 is 5.91 Å². The number of carbonyl (C=O) groups excluding carboxylic acids is 1. The predicted molar refractivity (Wildman–Crippen MR) is 89.7 cm³/mol. The number of hydrogen-bond donors (Lipinski definition) is 1. The molecule has 1 amide bonds. The van der Waals surface area contributed by atoms with Gasteiger partial charge in [-0.05, 0) is 37.6 Å². The molecule has 1 aromatic rings.